The van der Waals surface area contributed by atoms with Crippen molar-refractivity contribution < 1.29 is 19.4 Å². The van der Waals surface area contributed by atoms with E-state index in [0.29, 0.717) is 24.7 Å². The molecule has 1 saturated heterocycles. The number of nitrogens with zero attached hydrogens (tertiary/aromatic N) is 1. The predicted octanol–water partition coefficient (Wildman–Crippen LogP) is -0.417. The molecule has 1 atom stereocenters. The van der Waals surface area contributed by atoms with Gasteiger partial charge in [-0.3, -0.25) is 14.5 Å². The van der Waals surface area contributed by atoms with Crippen molar-refractivity contribution >= 4 is 29.2 Å². The molecule has 0 aromatic heterocycles. The number of rotatable bonds is 6. The summed E-state index contributed by atoms with van der Waals surface area (Å²) in [4.78, 5) is 23.6. The van der Waals surface area contributed by atoms with Gasteiger partial charge in [0.2, 0.25) is 0 Å². The minimum absolute atomic E-state index is 0.250. The molecule has 0 spiro atoms. The van der Waals surface area contributed by atoms with E-state index in [1.54, 1.807) is 7.11 Å². The molecule has 1 aliphatic rings. The van der Waals surface area contributed by atoms with E-state index in [0.717, 1.165) is 0 Å². The molecule has 1 fully saturated rings. The lowest BCUT2D eigenvalue weighted by Crippen LogP contribution is -2.33. The van der Waals surface area contributed by atoms with Crippen LogP contribution >= 0.6 is 12.2 Å². The third-order valence-electron chi connectivity index (χ3n) is 2.22. The van der Waals surface area contributed by atoms with E-state index in [1.807, 2.05) is 0 Å². The number of aliphatic carboxylic acids is 1. The molecule has 7 heteroatoms. The number of hydrogen-bond donors (Lipinski definition) is 2. The smallest absolute Gasteiger partial charge is 0.305 e. The van der Waals surface area contributed by atoms with Crippen LogP contribution in [0.25, 0.3) is 0 Å². The zero-order valence-corrected chi connectivity index (χ0v) is 9.75. The van der Waals surface area contributed by atoms with Gasteiger partial charge in [-0.1, -0.05) is 0 Å². The van der Waals surface area contributed by atoms with Crippen molar-refractivity contribution in [1.82, 2.24) is 10.2 Å². The van der Waals surface area contributed by atoms with Crippen molar-refractivity contribution in [3.8, 4) is 0 Å². The Kier molecular flexibility index (Phi) is 4.63. The highest BCUT2D eigenvalue weighted by molar-refractivity contribution is 7.80. The topological polar surface area (TPSA) is 78.9 Å². The first kappa shape index (κ1) is 12.9. The molecular formula is C9H14N2O4S. The van der Waals surface area contributed by atoms with Crippen molar-refractivity contribution in [2.24, 2.45) is 0 Å². The van der Waals surface area contributed by atoms with Crippen LogP contribution in [-0.4, -0.2) is 53.3 Å². The summed E-state index contributed by atoms with van der Waals surface area (Å²) in [6.45, 7) is 0.991. The maximum absolute atomic E-state index is 11.7. The van der Waals surface area contributed by atoms with E-state index >= 15 is 0 Å². The molecule has 0 bridgehead atoms. The molecule has 1 heterocycles. The minimum Gasteiger partial charge on any atom is -0.481 e. The molecule has 0 aromatic rings. The first-order valence-corrected chi connectivity index (χ1v) is 5.29. The second-order valence-electron chi connectivity index (χ2n) is 3.44. The van der Waals surface area contributed by atoms with Gasteiger partial charge < -0.3 is 15.2 Å². The van der Waals surface area contributed by atoms with Gasteiger partial charge in [0.15, 0.2) is 5.11 Å². The largest absolute Gasteiger partial charge is 0.481 e. The van der Waals surface area contributed by atoms with Gasteiger partial charge in [0.1, 0.15) is 6.04 Å². The zero-order valence-electron chi connectivity index (χ0n) is 8.93. The van der Waals surface area contributed by atoms with Gasteiger partial charge in [-0.05, 0) is 18.6 Å². The summed E-state index contributed by atoms with van der Waals surface area (Å²) in [5.74, 6) is -1.30. The number of carbonyl (C=O) groups is 2. The molecule has 0 aliphatic carbocycles. The van der Waals surface area contributed by atoms with Crippen LogP contribution in [-0.2, 0) is 14.3 Å². The molecule has 0 radical (unpaired) electrons. The van der Waals surface area contributed by atoms with Gasteiger partial charge in [0.05, 0.1) is 6.42 Å². The predicted molar refractivity (Wildman–Crippen MR) is 60.0 cm³/mol. The number of nitrogens with one attached hydrogen (secondary N) is 1. The van der Waals surface area contributed by atoms with Gasteiger partial charge in [0.25, 0.3) is 5.91 Å². The van der Waals surface area contributed by atoms with Crippen molar-refractivity contribution in [2.75, 3.05) is 20.3 Å². The lowest BCUT2D eigenvalue weighted by Gasteiger charge is -2.13. The number of thiocarbonyl (C=S) groups is 1. The van der Waals surface area contributed by atoms with Gasteiger partial charge >= 0.3 is 5.97 Å². The maximum atomic E-state index is 11.7. The molecule has 1 aliphatic heterocycles. The molecular weight excluding hydrogens is 232 g/mol. The van der Waals surface area contributed by atoms with Gasteiger partial charge in [-0.15, -0.1) is 0 Å². The number of carbonyl (C=O) groups excluding carboxylic acids is 1. The third kappa shape index (κ3) is 3.14. The summed E-state index contributed by atoms with van der Waals surface area (Å²) in [5, 5.41) is 11.6. The van der Waals surface area contributed by atoms with E-state index in [2.05, 4.69) is 5.32 Å². The summed E-state index contributed by atoms with van der Waals surface area (Å²) in [6.07, 6.45) is 0.420. The van der Waals surface area contributed by atoms with Crippen LogP contribution < -0.4 is 5.32 Å². The average Bonchev–Trinajstić information content (AvgIpc) is 2.45. The van der Waals surface area contributed by atoms with Crippen LogP contribution in [0.1, 0.15) is 12.8 Å². The number of carboxylic acids is 1. The molecule has 90 valence electrons. The molecule has 0 aromatic carbocycles. The van der Waals surface area contributed by atoms with Crippen LogP contribution in [0.4, 0.5) is 0 Å². The maximum Gasteiger partial charge on any atom is 0.305 e. The Morgan fingerprint density at radius 3 is 2.94 bits per heavy atom. The lowest BCUT2D eigenvalue weighted by molar-refractivity contribution is -0.140. The Morgan fingerprint density at radius 1 is 1.69 bits per heavy atom. The first-order valence-electron chi connectivity index (χ1n) is 4.89. The normalized spacial score (nSPS) is 20.1. The minimum atomic E-state index is -1.02. The fraction of sp³-hybridized carbons (Fsp3) is 0.667. The highest BCUT2D eigenvalue weighted by Gasteiger charge is 2.36. The third-order valence-corrected chi connectivity index (χ3v) is 2.55. The monoisotopic (exact) mass is 246 g/mol. The number of carboxylic acid groups (broad SMARTS) is 1. The van der Waals surface area contributed by atoms with Crippen molar-refractivity contribution in [2.45, 2.75) is 18.9 Å². The first-order chi connectivity index (χ1) is 7.56. The van der Waals surface area contributed by atoms with Gasteiger partial charge in [0, 0.05) is 20.3 Å². The Labute approximate surface area is 98.6 Å². The SMILES string of the molecule is COCCCN1C(=O)C(CC(=O)O)NC1=S. The van der Waals surface area contributed by atoms with Crippen molar-refractivity contribution in [3.63, 3.8) is 0 Å². The van der Waals surface area contributed by atoms with Crippen molar-refractivity contribution in [3.05, 3.63) is 0 Å². The summed E-state index contributed by atoms with van der Waals surface area (Å²) in [5.41, 5.74) is 0. The summed E-state index contributed by atoms with van der Waals surface area (Å²) in [6, 6.07) is -0.729. The average molecular weight is 246 g/mol. The van der Waals surface area contributed by atoms with E-state index in [9.17, 15) is 9.59 Å². The molecule has 16 heavy (non-hydrogen) atoms. The van der Waals surface area contributed by atoms with Crippen LogP contribution in [0.15, 0.2) is 0 Å². The quantitative estimate of drug-likeness (QED) is 0.489. The fourth-order valence-corrected chi connectivity index (χ4v) is 1.79. The van der Waals surface area contributed by atoms with Crippen molar-refractivity contribution in [1.29, 1.82) is 0 Å². The van der Waals surface area contributed by atoms with E-state index in [-0.39, 0.29) is 12.3 Å². The summed E-state index contributed by atoms with van der Waals surface area (Å²) >= 11 is 4.96. The molecule has 6 nitrogen and oxygen atoms in total. The molecule has 1 rings (SSSR count). The molecule has 1 amide bonds. The highest BCUT2D eigenvalue weighted by Crippen LogP contribution is 2.10. The number of methoxy groups -OCH3 is 1. The van der Waals surface area contributed by atoms with Crippen LogP contribution in [0.3, 0.4) is 0 Å². The number of hydrogen-bond acceptors (Lipinski definition) is 4. The second-order valence-corrected chi connectivity index (χ2v) is 3.82. The van der Waals surface area contributed by atoms with Gasteiger partial charge in [-0.2, -0.15) is 0 Å². The van der Waals surface area contributed by atoms with E-state index in [4.69, 9.17) is 22.1 Å². The van der Waals surface area contributed by atoms with Gasteiger partial charge in [-0.25, -0.2) is 0 Å². The van der Waals surface area contributed by atoms with Crippen LogP contribution in [0, 0.1) is 0 Å². The number of ether oxygens (including phenoxy) is 1. The Bertz CT molecular complexity index is 308. The zero-order chi connectivity index (χ0) is 12.1. The Balaban J connectivity index is 2.50. The Morgan fingerprint density at radius 2 is 2.38 bits per heavy atom. The summed E-state index contributed by atoms with van der Waals surface area (Å²) < 4.78 is 4.87. The fourth-order valence-electron chi connectivity index (χ4n) is 1.47. The molecule has 0 saturated carbocycles. The lowest BCUT2D eigenvalue weighted by atomic mass is 10.2. The second kappa shape index (κ2) is 5.76. The highest BCUT2D eigenvalue weighted by atomic mass is 32.1. The van der Waals surface area contributed by atoms with Crippen LogP contribution in [0.5, 0.6) is 0 Å². The summed E-state index contributed by atoms with van der Waals surface area (Å²) in [7, 11) is 1.58. The number of amides is 1. The van der Waals surface area contributed by atoms with E-state index in [1.165, 1.54) is 4.90 Å². The van der Waals surface area contributed by atoms with Crippen LogP contribution in [0.2, 0.25) is 0 Å². The standard InChI is InChI=1S/C9H14N2O4S/c1-15-4-2-3-11-8(14)6(5-7(12)13)10-9(11)16/h6H,2-5H2,1H3,(H,10,16)(H,12,13). The molecule has 2 N–H and O–H groups in total. The van der Waals surface area contributed by atoms with E-state index < -0.39 is 12.0 Å². The molecule has 1 unspecified atom stereocenters. The Hall–Kier alpha value is -1.21.